The minimum absolute atomic E-state index is 0.195. The summed E-state index contributed by atoms with van der Waals surface area (Å²) < 4.78 is 0. The topological polar surface area (TPSA) is 15.8 Å². The number of H-pyrrole nitrogens is 1. The molecule has 0 bridgehead atoms. The molecule has 1 N–H and O–H groups in total. The van der Waals surface area contributed by atoms with Gasteiger partial charge in [-0.25, -0.2) is 0 Å². The summed E-state index contributed by atoms with van der Waals surface area (Å²) in [6, 6.07) is 15.2. The highest BCUT2D eigenvalue weighted by molar-refractivity contribution is 6.07. The van der Waals surface area contributed by atoms with Gasteiger partial charge in [-0.05, 0) is 59.1 Å². The van der Waals surface area contributed by atoms with E-state index in [9.17, 15) is 0 Å². The van der Waals surface area contributed by atoms with Crippen molar-refractivity contribution < 1.29 is 0 Å². The van der Waals surface area contributed by atoms with E-state index in [-0.39, 0.29) is 10.8 Å². The van der Waals surface area contributed by atoms with E-state index < -0.39 is 0 Å². The van der Waals surface area contributed by atoms with Crippen LogP contribution in [0.2, 0.25) is 0 Å². The first-order chi connectivity index (χ1) is 13.8. The predicted octanol–water partition coefficient (Wildman–Crippen LogP) is 8.84. The lowest BCUT2D eigenvalue weighted by atomic mass is 9.78. The highest BCUT2D eigenvalue weighted by atomic mass is 14.7. The normalized spacial score (nSPS) is 12.9. The van der Waals surface area contributed by atoms with E-state index in [2.05, 4.69) is 82.9 Å². The zero-order chi connectivity index (χ0) is 21.1. The Morgan fingerprint density at radius 2 is 1.34 bits per heavy atom. The highest BCUT2D eigenvalue weighted by Crippen LogP contribution is 2.36. The summed E-state index contributed by atoms with van der Waals surface area (Å²) in [5, 5.41) is 2.68. The summed E-state index contributed by atoms with van der Waals surface area (Å²) in [5.74, 6) is 0. The molecule has 1 nitrogen and oxygen atoms in total. The van der Waals surface area contributed by atoms with Crippen molar-refractivity contribution in [3.8, 4) is 0 Å². The quantitative estimate of drug-likeness (QED) is 0.333. The number of rotatable bonds is 10. The smallest absolute Gasteiger partial charge is 0.0545 e. The van der Waals surface area contributed by atoms with Crippen molar-refractivity contribution in [3.63, 3.8) is 0 Å². The molecular weight excluding hydrogens is 350 g/mol. The summed E-state index contributed by atoms with van der Waals surface area (Å²) in [6.07, 6.45) is 10.3. The molecule has 0 atom stereocenters. The molecule has 0 saturated carbocycles. The predicted molar refractivity (Wildman–Crippen MR) is 129 cm³/mol. The van der Waals surface area contributed by atoms with Gasteiger partial charge in [-0.3, -0.25) is 0 Å². The van der Waals surface area contributed by atoms with E-state index in [0.717, 1.165) is 5.52 Å². The SMILES string of the molecule is CCCCCC(C)(C)c1c[c]c2[nH]c3ccc(C(C)(C)CCCCC)cc3c2c1. The monoisotopic (exact) mass is 390 g/mol. The third-order valence-electron chi connectivity index (χ3n) is 6.88. The van der Waals surface area contributed by atoms with Crippen LogP contribution in [0.1, 0.15) is 104 Å². The maximum absolute atomic E-state index is 3.58. The third kappa shape index (κ3) is 4.87. The molecule has 0 aliphatic rings. The minimum atomic E-state index is 0.195. The fraction of sp³-hybridized carbons (Fsp3) is 0.571. The Balaban J connectivity index is 1.97. The second kappa shape index (κ2) is 8.94. The molecule has 3 aromatic rings. The average molecular weight is 391 g/mol. The molecule has 1 heteroatoms. The van der Waals surface area contributed by atoms with E-state index in [0.29, 0.717) is 0 Å². The lowest BCUT2D eigenvalue weighted by molar-refractivity contribution is 0.450. The van der Waals surface area contributed by atoms with Gasteiger partial charge in [0.05, 0.1) is 5.52 Å². The lowest BCUT2D eigenvalue weighted by Gasteiger charge is -2.26. The molecule has 0 amide bonds. The molecule has 29 heavy (non-hydrogen) atoms. The summed E-state index contributed by atoms with van der Waals surface area (Å²) in [6.45, 7) is 14.1. The molecule has 0 fully saturated rings. The van der Waals surface area contributed by atoms with E-state index in [4.69, 9.17) is 0 Å². The van der Waals surface area contributed by atoms with Gasteiger partial charge in [0, 0.05) is 22.4 Å². The van der Waals surface area contributed by atoms with Crippen molar-refractivity contribution in [2.45, 2.75) is 104 Å². The molecule has 0 aliphatic heterocycles. The largest absolute Gasteiger partial charge is 0.354 e. The van der Waals surface area contributed by atoms with E-state index in [1.807, 2.05) is 0 Å². The Labute approximate surface area is 178 Å². The molecule has 0 aliphatic carbocycles. The van der Waals surface area contributed by atoms with Crippen molar-refractivity contribution >= 4 is 21.8 Å². The van der Waals surface area contributed by atoms with Crippen molar-refractivity contribution in [3.05, 3.63) is 47.5 Å². The van der Waals surface area contributed by atoms with Crippen LogP contribution in [0.15, 0.2) is 30.3 Å². The molecule has 2 aromatic carbocycles. The van der Waals surface area contributed by atoms with Gasteiger partial charge in [-0.1, -0.05) is 86.1 Å². The zero-order valence-electron chi connectivity index (χ0n) is 19.5. The van der Waals surface area contributed by atoms with Crippen molar-refractivity contribution in [2.24, 2.45) is 0 Å². The molecule has 157 valence electrons. The number of benzene rings is 2. The van der Waals surface area contributed by atoms with Crippen molar-refractivity contribution in [1.29, 1.82) is 0 Å². The second-order valence-corrected chi connectivity index (χ2v) is 10.2. The Kier molecular flexibility index (Phi) is 6.76. The fourth-order valence-corrected chi connectivity index (χ4v) is 4.56. The molecule has 1 heterocycles. The van der Waals surface area contributed by atoms with E-state index >= 15 is 0 Å². The third-order valence-corrected chi connectivity index (χ3v) is 6.88. The first-order valence-corrected chi connectivity index (χ1v) is 11.8. The van der Waals surface area contributed by atoms with Crippen LogP contribution >= 0.6 is 0 Å². The Hall–Kier alpha value is -1.76. The molecule has 3 rings (SSSR count). The maximum Gasteiger partial charge on any atom is 0.0545 e. The zero-order valence-corrected chi connectivity index (χ0v) is 19.5. The molecule has 1 aromatic heterocycles. The Morgan fingerprint density at radius 3 is 1.97 bits per heavy atom. The van der Waals surface area contributed by atoms with Gasteiger partial charge in [0.1, 0.15) is 0 Å². The molecule has 1 radical (unpaired) electrons. The molecule has 0 saturated heterocycles. The van der Waals surface area contributed by atoms with Crippen LogP contribution in [-0.2, 0) is 10.8 Å². The van der Waals surface area contributed by atoms with Crippen molar-refractivity contribution in [2.75, 3.05) is 0 Å². The van der Waals surface area contributed by atoms with Crippen LogP contribution in [0.4, 0.5) is 0 Å². The van der Waals surface area contributed by atoms with Crippen LogP contribution in [0.25, 0.3) is 21.8 Å². The van der Waals surface area contributed by atoms with Gasteiger partial charge in [0.15, 0.2) is 0 Å². The summed E-state index contributed by atoms with van der Waals surface area (Å²) >= 11 is 0. The van der Waals surface area contributed by atoms with Gasteiger partial charge in [0.25, 0.3) is 0 Å². The van der Waals surface area contributed by atoms with Gasteiger partial charge >= 0.3 is 0 Å². The fourth-order valence-electron chi connectivity index (χ4n) is 4.56. The number of fused-ring (bicyclic) bond motifs is 3. The van der Waals surface area contributed by atoms with Crippen LogP contribution in [0.5, 0.6) is 0 Å². The number of nitrogens with one attached hydrogen (secondary N) is 1. The first kappa shape index (κ1) is 21.9. The highest BCUT2D eigenvalue weighted by Gasteiger charge is 2.23. The summed E-state index contributed by atoms with van der Waals surface area (Å²) in [5.41, 5.74) is 5.64. The Morgan fingerprint density at radius 1 is 0.759 bits per heavy atom. The van der Waals surface area contributed by atoms with Crippen LogP contribution in [0, 0.1) is 6.07 Å². The summed E-state index contributed by atoms with van der Waals surface area (Å²) in [7, 11) is 0. The van der Waals surface area contributed by atoms with Gasteiger partial charge in [-0.2, -0.15) is 0 Å². The number of aromatic amines is 1. The molecular formula is C28H40N. The van der Waals surface area contributed by atoms with Gasteiger partial charge in [0.2, 0.25) is 0 Å². The first-order valence-electron chi connectivity index (χ1n) is 11.8. The van der Waals surface area contributed by atoms with Gasteiger partial charge < -0.3 is 4.98 Å². The number of hydrogen-bond donors (Lipinski definition) is 1. The standard InChI is InChI=1S/C28H40N/c1-7-9-11-17-27(3,4)21-13-15-25-23(19-21)24-20-22(14-16-26(24)29-25)28(5,6)18-12-10-8-2/h13-15,19-20,29H,7-12,17-18H2,1-6H3. The van der Waals surface area contributed by atoms with E-state index in [1.165, 1.54) is 78.8 Å². The summed E-state index contributed by atoms with van der Waals surface area (Å²) in [4.78, 5) is 3.58. The van der Waals surface area contributed by atoms with Gasteiger partial charge in [-0.15, -0.1) is 0 Å². The number of aromatic nitrogens is 1. The second-order valence-electron chi connectivity index (χ2n) is 10.2. The lowest BCUT2D eigenvalue weighted by Crippen LogP contribution is -2.17. The minimum Gasteiger partial charge on any atom is -0.354 e. The van der Waals surface area contributed by atoms with Crippen LogP contribution in [-0.4, -0.2) is 4.98 Å². The Bertz CT molecular complexity index is 865. The maximum atomic E-state index is 3.58. The van der Waals surface area contributed by atoms with E-state index in [1.54, 1.807) is 0 Å². The van der Waals surface area contributed by atoms with Crippen molar-refractivity contribution in [1.82, 2.24) is 4.98 Å². The van der Waals surface area contributed by atoms with Crippen LogP contribution in [0.3, 0.4) is 0 Å². The molecule has 0 unspecified atom stereocenters. The number of hydrogen-bond acceptors (Lipinski definition) is 0. The average Bonchev–Trinajstić information content (AvgIpc) is 3.05. The molecule has 0 spiro atoms. The number of unbranched alkanes of at least 4 members (excludes halogenated alkanes) is 4. The van der Waals surface area contributed by atoms with Crippen LogP contribution < -0.4 is 0 Å².